The molecule has 2 fully saturated rings. The van der Waals surface area contributed by atoms with E-state index in [1.807, 2.05) is 0 Å². The normalized spacial score (nSPS) is 32.2. The second kappa shape index (κ2) is 5.88. The lowest BCUT2D eigenvalue weighted by Gasteiger charge is -2.30. The average Bonchev–Trinajstić information content (AvgIpc) is 2.73. The van der Waals surface area contributed by atoms with Crippen molar-refractivity contribution < 1.29 is 14.7 Å². The van der Waals surface area contributed by atoms with Gasteiger partial charge in [0.25, 0.3) is 0 Å². The van der Waals surface area contributed by atoms with E-state index in [1.165, 1.54) is 0 Å². The maximum absolute atomic E-state index is 12.0. The molecule has 6 heteroatoms. The highest BCUT2D eigenvalue weighted by atomic mass is 16.4. The number of carboxylic acids is 1. The summed E-state index contributed by atoms with van der Waals surface area (Å²) in [6, 6.07) is -0.236. The molecule has 1 heterocycles. The van der Waals surface area contributed by atoms with E-state index in [2.05, 4.69) is 15.5 Å². The Labute approximate surface area is 113 Å². The van der Waals surface area contributed by atoms with Gasteiger partial charge in [0.05, 0.1) is 12.0 Å². The molecule has 0 aromatic carbocycles. The topological polar surface area (TPSA) is 81.7 Å². The zero-order valence-corrected chi connectivity index (χ0v) is 11.4. The van der Waals surface area contributed by atoms with Crippen LogP contribution in [0.3, 0.4) is 0 Å². The molecule has 1 aliphatic heterocycles. The lowest BCUT2D eigenvalue weighted by molar-refractivity contribution is -0.149. The summed E-state index contributed by atoms with van der Waals surface area (Å²) in [5.74, 6) is -0.862. The summed E-state index contributed by atoms with van der Waals surface area (Å²) in [6.07, 6.45) is 2.26. The first kappa shape index (κ1) is 14.3. The second-order valence-corrected chi connectivity index (χ2v) is 5.76. The molecule has 108 valence electrons. The summed E-state index contributed by atoms with van der Waals surface area (Å²) in [6.45, 7) is 5.65. The molecule has 1 aliphatic carbocycles. The third kappa shape index (κ3) is 3.25. The molecule has 1 saturated heterocycles. The number of carboxylic acid groups (broad SMARTS) is 1. The Balaban J connectivity index is 1.86. The molecule has 0 radical (unpaired) electrons. The number of aliphatic carboxylic acids is 1. The van der Waals surface area contributed by atoms with E-state index >= 15 is 0 Å². The zero-order chi connectivity index (χ0) is 13.9. The number of carbonyl (C=O) groups excluding carboxylic acids is 1. The number of nitrogens with zero attached hydrogens (tertiary/aromatic N) is 1. The molecule has 2 rings (SSSR count). The molecule has 0 aromatic heterocycles. The SMILES string of the molecule is CC1(C(=O)O)CCCC1NC(=O)CN1CCNCC1. The monoisotopic (exact) mass is 269 g/mol. The first-order valence-corrected chi connectivity index (χ1v) is 6.98. The fourth-order valence-corrected chi connectivity index (χ4v) is 2.97. The molecular weight excluding hydrogens is 246 g/mol. The standard InChI is InChI=1S/C13H23N3O3/c1-13(12(18)19)4-2-3-10(13)15-11(17)9-16-7-5-14-6-8-16/h10,14H,2-9H2,1H3,(H,15,17)(H,18,19). The van der Waals surface area contributed by atoms with Crippen molar-refractivity contribution in [3.8, 4) is 0 Å². The van der Waals surface area contributed by atoms with Crippen molar-refractivity contribution >= 4 is 11.9 Å². The van der Waals surface area contributed by atoms with Crippen LogP contribution in [-0.4, -0.2) is 60.6 Å². The first-order valence-electron chi connectivity index (χ1n) is 6.98. The van der Waals surface area contributed by atoms with Gasteiger partial charge in [0, 0.05) is 32.2 Å². The van der Waals surface area contributed by atoms with E-state index in [0.717, 1.165) is 39.0 Å². The fourth-order valence-electron chi connectivity index (χ4n) is 2.97. The van der Waals surface area contributed by atoms with Crippen LogP contribution in [0.25, 0.3) is 0 Å². The minimum Gasteiger partial charge on any atom is -0.481 e. The van der Waals surface area contributed by atoms with E-state index in [4.69, 9.17) is 0 Å². The largest absolute Gasteiger partial charge is 0.481 e. The number of hydrogen-bond donors (Lipinski definition) is 3. The van der Waals surface area contributed by atoms with Crippen LogP contribution in [0.2, 0.25) is 0 Å². The summed E-state index contributed by atoms with van der Waals surface area (Å²) >= 11 is 0. The summed E-state index contributed by atoms with van der Waals surface area (Å²) in [5.41, 5.74) is -0.806. The van der Waals surface area contributed by atoms with Gasteiger partial charge >= 0.3 is 5.97 Å². The molecule has 0 spiro atoms. The van der Waals surface area contributed by atoms with Crippen LogP contribution >= 0.6 is 0 Å². The lowest BCUT2D eigenvalue weighted by atomic mass is 9.85. The second-order valence-electron chi connectivity index (χ2n) is 5.76. The van der Waals surface area contributed by atoms with Gasteiger partial charge in [0.1, 0.15) is 0 Å². The summed E-state index contributed by atoms with van der Waals surface area (Å²) in [7, 11) is 0. The number of hydrogen-bond acceptors (Lipinski definition) is 4. The van der Waals surface area contributed by atoms with Crippen molar-refractivity contribution in [1.82, 2.24) is 15.5 Å². The van der Waals surface area contributed by atoms with Gasteiger partial charge in [-0.2, -0.15) is 0 Å². The Morgan fingerprint density at radius 1 is 1.42 bits per heavy atom. The summed E-state index contributed by atoms with van der Waals surface area (Å²) < 4.78 is 0. The Morgan fingerprint density at radius 2 is 2.11 bits per heavy atom. The van der Waals surface area contributed by atoms with E-state index in [1.54, 1.807) is 6.92 Å². The van der Waals surface area contributed by atoms with Crippen LogP contribution in [0, 0.1) is 5.41 Å². The molecule has 2 unspecified atom stereocenters. The van der Waals surface area contributed by atoms with Crippen molar-refractivity contribution in [3.63, 3.8) is 0 Å². The molecule has 2 aliphatic rings. The molecule has 0 bridgehead atoms. The third-order valence-electron chi connectivity index (χ3n) is 4.36. The van der Waals surface area contributed by atoms with Crippen LogP contribution < -0.4 is 10.6 Å². The third-order valence-corrected chi connectivity index (χ3v) is 4.36. The van der Waals surface area contributed by atoms with Crippen molar-refractivity contribution in [2.45, 2.75) is 32.2 Å². The molecule has 1 amide bonds. The van der Waals surface area contributed by atoms with Gasteiger partial charge in [-0.05, 0) is 19.8 Å². The molecule has 6 nitrogen and oxygen atoms in total. The summed E-state index contributed by atoms with van der Waals surface area (Å²) in [5, 5.41) is 15.5. The average molecular weight is 269 g/mol. The molecular formula is C13H23N3O3. The van der Waals surface area contributed by atoms with Gasteiger partial charge in [-0.15, -0.1) is 0 Å². The lowest BCUT2D eigenvalue weighted by Crippen LogP contribution is -2.52. The Kier molecular flexibility index (Phi) is 4.42. The number of piperazine rings is 1. The highest BCUT2D eigenvalue weighted by molar-refractivity contribution is 5.81. The maximum Gasteiger partial charge on any atom is 0.311 e. The van der Waals surface area contributed by atoms with E-state index < -0.39 is 11.4 Å². The minimum atomic E-state index is -0.808. The number of carbonyl (C=O) groups is 2. The highest BCUT2D eigenvalue weighted by Crippen LogP contribution is 2.38. The van der Waals surface area contributed by atoms with Gasteiger partial charge in [-0.3, -0.25) is 14.5 Å². The summed E-state index contributed by atoms with van der Waals surface area (Å²) in [4.78, 5) is 25.4. The smallest absolute Gasteiger partial charge is 0.311 e. The van der Waals surface area contributed by atoms with Crippen LogP contribution in [0.4, 0.5) is 0 Å². The van der Waals surface area contributed by atoms with E-state index in [0.29, 0.717) is 13.0 Å². The molecule has 19 heavy (non-hydrogen) atoms. The molecule has 3 N–H and O–H groups in total. The Hall–Kier alpha value is -1.14. The zero-order valence-electron chi connectivity index (χ0n) is 11.4. The van der Waals surface area contributed by atoms with Crippen molar-refractivity contribution in [1.29, 1.82) is 0 Å². The number of amides is 1. The van der Waals surface area contributed by atoms with Gasteiger partial charge in [-0.25, -0.2) is 0 Å². The van der Waals surface area contributed by atoms with E-state index in [9.17, 15) is 14.7 Å². The quantitative estimate of drug-likeness (QED) is 0.650. The van der Waals surface area contributed by atoms with Crippen LogP contribution in [0.15, 0.2) is 0 Å². The van der Waals surface area contributed by atoms with E-state index in [-0.39, 0.29) is 11.9 Å². The number of rotatable bonds is 4. The van der Waals surface area contributed by atoms with Gasteiger partial charge in [0.2, 0.25) is 5.91 Å². The Morgan fingerprint density at radius 3 is 2.74 bits per heavy atom. The maximum atomic E-state index is 12.0. The molecule has 2 atom stereocenters. The van der Waals surface area contributed by atoms with Gasteiger partial charge < -0.3 is 15.7 Å². The number of nitrogens with one attached hydrogen (secondary N) is 2. The van der Waals surface area contributed by atoms with Gasteiger partial charge in [-0.1, -0.05) is 6.42 Å². The molecule has 1 saturated carbocycles. The Bertz CT molecular complexity index is 355. The van der Waals surface area contributed by atoms with Crippen molar-refractivity contribution in [3.05, 3.63) is 0 Å². The van der Waals surface area contributed by atoms with Crippen LogP contribution in [-0.2, 0) is 9.59 Å². The van der Waals surface area contributed by atoms with Crippen LogP contribution in [0.5, 0.6) is 0 Å². The first-order chi connectivity index (χ1) is 9.02. The van der Waals surface area contributed by atoms with Crippen LogP contribution in [0.1, 0.15) is 26.2 Å². The van der Waals surface area contributed by atoms with Crippen molar-refractivity contribution in [2.75, 3.05) is 32.7 Å². The fraction of sp³-hybridized carbons (Fsp3) is 0.846. The van der Waals surface area contributed by atoms with Gasteiger partial charge in [0.15, 0.2) is 0 Å². The predicted molar refractivity (Wildman–Crippen MR) is 70.8 cm³/mol. The minimum absolute atomic E-state index is 0.0544. The highest BCUT2D eigenvalue weighted by Gasteiger charge is 2.45. The molecule has 0 aromatic rings. The van der Waals surface area contributed by atoms with Crippen molar-refractivity contribution in [2.24, 2.45) is 5.41 Å². The predicted octanol–water partition coefficient (Wildman–Crippen LogP) is -0.349.